The lowest BCUT2D eigenvalue weighted by Crippen LogP contribution is -2.29. The van der Waals surface area contributed by atoms with Crippen molar-refractivity contribution in [2.45, 2.75) is 25.9 Å². The fraction of sp³-hybridized carbons (Fsp3) is 0.200. The first-order valence-electron chi connectivity index (χ1n) is 8.45. The summed E-state index contributed by atoms with van der Waals surface area (Å²) in [5, 5.41) is 8.66. The minimum atomic E-state index is -0.173. The number of carbonyl (C=O) groups excluding carboxylic acids is 1. The molecule has 1 N–H and O–H groups in total. The van der Waals surface area contributed by atoms with Crippen LogP contribution in [0.2, 0.25) is 0 Å². The van der Waals surface area contributed by atoms with Gasteiger partial charge in [0.1, 0.15) is 0 Å². The van der Waals surface area contributed by atoms with E-state index in [4.69, 9.17) is 0 Å². The van der Waals surface area contributed by atoms with E-state index < -0.39 is 0 Å². The summed E-state index contributed by atoms with van der Waals surface area (Å²) in [6.45, 7) is 4.16. The van der Waals surface area contributed by atoms with Crippen LogP contribution in [0.5, 0.6) is 0 Å². The maximum atomic E-state index is 12.7. The van der Waals surface area contributed by atoms with E-state index in [0.29, 0.717) is 23.9 Å². The summed E-state index contributed by atoms with van der Waals surface area (Å²) >= 11 is 0. The summed E-state index contributed by atoms with van der Waals surface area (Å²) in [4.78, 5) is 28.9. The largest absolute Gasteiger partial charge is 0.350 e. The molecule has 0 fully saturated rings. The number of allylic oxidation sites excluding steroid dienone is 1. The Bertz CT molecular complexity index is 980. The molecule has 0 aliphatic heterocycles. The molecule has 0 bridgehead atoms. The molecular weight excluding hydrogens is 328 g/mol. The van der Waals surface area contributed by atoms with Crippen molar-refractivity contribution in [1.82, 2.24) is 20.1 Å². The maximum absolute atomic E-state index is 12.7. The number of pyridine rings is 1. The molecule has 0 aliphatic carbocycles. The van der Waals surface area contributed by atoms with Gasteiger partial charge in [-0.2, -0.15) is 5.10 Å². The fourth-order valence-corrected chi connectivity index (χ4v) is 2.69. The predicted molar refractivity (Wildman–Crippen MR) is 101 cm³/mol. The Morgan fingerprint density at radius 2 is 1.92 bits per heavy atom. The zero-order valence-corrected chi connectivity index (χ0v) is 14.4. The second-order valence-corrected chi connectivity index (χ2v) is 5.88. The van der Waals surface area contributed by atoms with E-state index in [1.165, 1.54) is 4.68 Å². The molecule has 0 saturated carbocycles. The zero-order chi connectivity index (χ0) is 18.4. The standard InChI is InChI=1S/C20H20N4O2/c1-2-3-11-19(25)22-13-18-16-9-4-5-10-17(16)20(26)24(23-18)14-15-8-6-7-12-21-15/h2,4-10,12H,1,3,11,13-14H2,(H,22,25). The summed E-state index contributed by atoms with van der Waals surface area (Å²) in [7, 11) is 0. The van der Waals surface area contributed by atoms with E-state index in [1.54, 1.807) is 18.3 Å². The van der Waals surface area contributed by atoms with Crippen LogP contribution >= 0.6 is 0 Å². The molecule has 132 valence electrons. The van der Waals surface area contributed by atoms with Crippen LogP contribution < -0.4 is 10.9 Å². The van der Waals surface area contributed by atoms with Crippen LogP contribution in [0.1, 0.15) is 24.2 Å². The quantitative estimate of drug-likeness (QED) is 0.665. The Morgan fingerprint density at radius 1 is 1.15 bits per heavy atom. The van der Waals surface area contributed by atoms with Crippen LogP contribution in [0, 0.1) is 0 Å². The highest BCUT2D eigenvalue weighted by Gasteiger charge is 2.12. The van der Waals surface area contributed by atoms with Gasteiger partial charge in [0.2, 0.25) is 5.91 Å². The molecular formula is C20H20N4O2. The van der Waals surface area contributed by atoms with Crippen molar-refractivity contribution < 1.29 is 4.79 Å². The van der Waals surface area contributed by atoms with Gasteiger partial charge in [0, 0.05) is 18.0 Å². The van der Waals surface area contributed by atoms with Crippen molar-refractivity contribution in [2.24, 2.45) is 0 Å². The van der Waals surface area contributed by atoms with Gasteiger partial charge in [-0.25, -0.2) is 4.68 Å². The minimum Gasteiger partial charge on any atom is -0.350 e. The van der Waals surface area contributed by atoms with E-state index in [9.17, 15) is 9.59 Å². The van der Waals surface area contributed by atoms with E-state index in [2.05, 4.69) is 22.0 Å². The van der Waals surface area contributed by atoms with Crippen molar-refractivity contribution >= 4 is 16.7 Å². The number of hydrogen-bond donors (Lipinski definition) is 1. The van der Waals surface area contributed by atoms with Gasteiger partial charge in [-0.1, -0.05) is 30.3 Å². The van der Waals surface area contributed by atoms with Crippen LogP contribution in [0.4, 0.5) is 0 Å². The highest BCUT2D eigenvalue weighted by Crippen LogP contribution is 2.13. The Kier molecular flexibility index (Phi) is 5.53. The highest BCUT2D eigenvalue weighted by atomic mass is 16.1. The van der Waals surface area contributed by atoms with Gasteiger partial charge >= 0.3 is 0 Å². The first kappa shape index (κ1) is 17.5. The first-order chi connectivity index (χ1) is 12.7. The number of hydrogen-bond acceptors (Lipinski definition) is 4. The Morgan fingerprint density at radius 3 is 2.65 bits per heavy atom. The number of fused-ring (bicyclic) bond motifs is 1. The smallest absolute Gasteiger partial charge is 0.275 e. The second-order valence-electron chi connectivity index (χ2n) is 5.88. The van der Waals surface area contributed by atoms with E-state index >= 15 is 0 Å². The molecule has 0 saturated heterocycles. The molecule has 2 heterocycles. The third-order valence-electron chi connectivity index (χ3n) is 4.01. The molecule has 0 aliphatic rings. The monoisotopic (exact) mass is 348 g/mol. The predicted octanol–water partition coefficient (Wildman–Crippen LogP) is 2.42. The Hall–Kier alpha value is -3.28. The highest BCUT2D eigenvalue weighted by molar-refractivity contribution is 5.84. The van der Waals surface area contributed by atoms with Crippen LogP contribution in [-0.4, -0.2) is 20.7 Å². The fourth-order valence-electron chi connectivity index (χ4n) is 2.69. The summed E-state index contributed by atoms with van der Waals surface area (Å²) in [6, 6.07) is 12.8. The molecule has 2 aromatic heterocycles. The van der Waals surface area contributed by atoms with Crippen LogP contribution in [0.15, 0.2) is 66.1 Å². The molecule has 1 amide bonds. The third-order valence-corrected chi connectivity index (χ3v) is 4.01. The number of carbonyl (C=O) groups is 1. The molecule has 6 heteroatoms. The lowest BCUT2D eigenvalue weighted by molar-refractivity contribution is -0.121. The summed E-state index contributed by atoms with van der Waals surface area (Å²) < 4.78 is 1.40. The number of amides is 1. The van der Waals surface area contributed by atoms with Crippen molar-refractivity contribution in [1.29, 1.82) is 0 Å². The number of nitrogens with one attached hydrogen (secondary N) is 1. The summed E-state index contributed by atoms with van der Waals surface area (Å²) in [5.41, 5.74) is 1.23. The molecule has 6 nitrogen and oxygen atoms in total. The third kappa shape index (κ3) is 4.03. The maximum Gasteiger partial charge on any atom is 0.275 e. The molecule has 3 aromatic rings. The van der Waals surface area contributed by atoms with Crippen molar-refractivity contribution in [2.75, 3.05) is 0 Å². The number of nitrogens with zero attached hydrogens (tertiary/aromatic N) is 3. The lowest BCUT2D eigenvalue weighted by Gasteiger charge is -2.11. The van der Waals surface area contributed by atoms with Crippen LogP contribution in [0.3, 0.4) is 0 Å². The molecule has 3 rings (SSSR count). The molecule has 1 aromatic carbocycles. The number of benzene rings is 1. The van der Waals surface area contributed by atoms with Crippen molar-refractivity contribution in [3.8, 4) is 0 Å². The molecule has 0 unspecified atom stereocenters. The average Bonchev–Trinajstić information content (AvgIpc) is 2.68. The number of aromatic nitrogens is 3. The van der Waals surface area contributed by atoms with Gasteiger partial charge in [-0.3, -0.25) is 14.6 Å². The topological polar surface area (TPSA) is 76.9 Å². The SMILES string of the molecule is C=CCCC(=O)NCc1nn(Cc2ccccn2)c(=O)c2ccccc12. The molecule has 0 radical (unpaired) electrons. The van der Waals surface area contributed by atoms with Gasteiger partial charge in [-0.15, -0.1) is 6.58 Å². The van der Waals surface area contributed by atoms with E-state index in [1.807, 2.05) is 36.4 Å². The average molecular weight is 348 g/mol. The lowest BCUT2D eigenvalue weighted by atomic mass is 10.1. The van der Waals surface area contributed by atoms with Crippen molar-refractivity contribution in [3.63, 3.8) is 0 Å². The van der Waals surface area contributed by atoms with Crippen LogP contribution in [-0.2, 0) is 17.9 Å². The van der Waals surface area contributed by atoms with E-state index in [0.717, 1.165) is 11.1 Å². The first-order valence-corrected chi connectivity index (χ1v) is 8.45. The van der Waals surface area contributed by atoms with Crippen LogP contribution in [0.25, 0.3) is 10.8 Å². The van der Waals surface area contributed by atoms with Gasteiger partial charge in [0.25, 0.3) is 5.56 Å². The van der Waals surface area contributed by atoms with E-state index in [-0.39, 0.29) is 24.6 Å². The molecule has 26 heavy (non-hydrogen) atoms. The van der Waals surface area contributed by atoms with Gasteiger partial charge < -0.3 is 5.32 Å². The van der Waals surface area contributed by atoms with Gasteiger partial charge in [0.15, 0.2) is 0 Å². The molecule has 0 atom stereocenters. The zero-order valence-electron chi connectivity index (χ0n) is 14.4. The minimum absolute atomic E-state index is 0.0711. The number of rotatable bonds is 7. The van der Waals surface area contributed by atoms with Gasteiger partial charge in [-0.05, 0) is 24.6 Å². The Balaban J connectivity index is 1.93. The van der Waals surface area contributed by atoms with Crippen molar-refractivity contribution in [3.05, 3.63) is 83.1 Å². The Labute approximate surface area is 151 Å². The molecule has 0 spiro atoms. The summed E-state index contributed by atoms with van der Waals surface area (Å²) in [5.74, 6) is -0.0711. The summed E-state index contributed by atoms with van der Waals surface area (Å²) in [6.07, 6.45) is 4.40. The normalized spacial score (nSPS) is 10.6. The van der Waals surface area contributed by atoms with Gasteiger partial charge in [0.05, 0.1) is 29.9 Å². The second kappa shape index (κ2) is 8.20.